The van der Waals surface area contributed by atoms with E-state index in [1.54, 1.807) is 48.2 Å². The van der Waals surface area contributed by atoms with Crippen LogP contribution in [0.3, 0.4) is 0 Å². The van der Waals surface area contributed by atoms with Gasteiger partial charge >= 0.3 is 0 Å². The second-order valence-electron chi connectivity index (χ2n) is 7.97. The van der Waals surface area contributed by atoms with Gasteiger partial charge in [0.2, 0.25) is 5.91 Å². The van der Waals surface area contributed by atoms with Crippen LogP contribution in [0.5, 0.6) is 5.75 Å². The van der Waals surface area contributed by atoms with E-state index in [2.05, 4.69) is 15.5 Å². The molecule has 3 rings (SSSR count). The Morgan fingerprint density at radius 2 is 1.85 bits per heavy atom. The number of para-hydroxylation sites is 1. The van der Waals surface area contributed by atoms with E-state index in [9.17, 15) is 14.0 Å². The number of morpholine rings is 1. The zero-order valence-corrected chi connectivity index (χ0v) is 20.4. The molecule has 0 aliphatic carbocycles. The lowest BCUT2D eigenvalue weighted by atomic mass is 10.0. The van der Waals surface area contributed by atoms with Crippen molar-refractivity contribution in [3.8, 4) is 5.75 Å². The molecular formula is C25H32FN3O4S. The van der Waals surface area contributed by atoms with Crippen LogP contribution in [0.4, 0.5) is 4.39 Å². The van der Waals surface area contributed by atoms with E-state index in [-0.39, 0.29) is 23.7 Å². The average molecular weight is 490 g/mol. The van der Waals surface area contributed by atoms with Crippen LogP contribution >= 0.6 is 11.8 Å². The average Bonchev–Trinajstić information content (AvgIpc) is 2.88. The van der Waals surface area contributed by atoms with Gasteiger partial charge < -0.3 is 20.1 Å². The minimum absolute atomic E-state index is 0.125. The molecule has 0 spiro atoms. The second-order valence-corrected chi connectivity index (χ2v) is 8.95. The minimum Gasteiger partial charge on any atom is -0.496 e. The van der Waals surface area contributed by atoms with Gasteiger partial charge in [0.25, 0.3) is 5.91 Å². The third-order valence-electron chi connectivity index (χ3n) is 5.79. The first-order chi connectivity index (χ1) is 16.5. The molecule has 2 aromatic rings. The first kappa shape index (κ1) is 26.0. The fourth-order valence-corrected chi connectivity index (χ4v) is 4.40. The molecule has 1 aliphatic heterocycles. The smallest absolute Gasteiger partial charge is 0.255 e. The number of nitrogens with zero attached hydrogens (tertiary/aromatic N) is 1. The first-order valence-corrected chi connectivity index (χ1v) is 12.7. The summed E-state index contributed by atoms with van der Waals surface area (Å²) in [4.78, 5) is 28.3. The van der Waals surface area contributed by atoms with Gasteiger partial charge in [-0.25, -0.2) is 4.39 Å². The molecule has 1 aliphatic rings. The van der Waals surface area contributed by atoms with Crippen molar-refractivity contribution < 1.29 is 23.5 Å². The lowest BCUT2D eigenvalue weighted by Gasteiger charge is -2.35. The van der Waals surface area contributed by atoms with E-state index in [1.165, 1.54) is 19.2 Å². The lowest BCUT2D eigenvalue weighted by molar-refractivity contribution is -0.123. The monoisotopic (exact) mass is 489 g/mol. The Hall–Kier alpha value is -2.62. The molecule has 0 unspecified atom stereocenters. The van der Waals surface area contributed by atoms with Crippen LogP contribution in [0.15, 0.2) is 48.5 Å². The van der Waals surface area contributed by atoms with Gasteiger partial charge in [0.1, 0.15) is 17.6 Å². The van der Waals surface area contributed by atoms with Crippen molar-refractivity contribution in [2.75, 3.05) is 52.0 Å². The van der Waals surface area contributed by atoms with Crippen LogP contribution in [0, 0.1) is 5.82 Å². The molecule has 2 amide bonds. The number of hydrogen-bond acceptors (Lipinski definition) is 6. The Balaban J connectivity index is 1.71. The first-order valence-electron chi connectivity index (χ1n) is 11.3. The van der Waals surface area contributed by atoms with Gasteiger partial charge in [-0.05, 0) is 48.3 Å². The molecule has 184 valence electrons. The predicted octanol–water partition coefficient (Wildman–Crippen LogP) is 2.88. The summed E-state index contributed by atoms with van der Waals surface area (Å²) in [7, 11) is 1.51. The van der Waals surface area contributed by atoms with Crippen LogP contribution in [0.2, 0.25) is 0 Å². The highest BCUT2D eigenvalue weighted by molar-refractivity contribution is 7.98. The third-order valence-corrected chi connectivity index (χ3v) is 6.44. The third kappa shape index (κ3) is 7.19. The number of benzene rings is 2. The van der Waals surface area contributed by atoms with Gasteiger partial charge in [0, 0.05) is 19.6 Å². The van der Waals surface area contributed by atoms with Gasteiger partial charge in [-0.1, -0.05) is 24.3 Å². The van der Waals surface area contributed by atoms with Crippen LogP contribution in [-0.4, -0.2) is 74.7 Å². The van der Waals surface area contributed by atoms with Crippen molar-refractivity contribution in [2.45, 2.75) is 18.5 Å². The SMILES string of the molecule is COc1ccccc1C(=O)N[C@H](CCSC)C(=O)NC[C@@H](c1ccc(F)cc1)N1CCOCC1. The summed E-state index contributed by atoms with van der Waals surface area (Å²) in [6.45, 7) is 3.00. The van der Waals surface area contributed by atoms with Crippen LogP contribution < -0.4 is 15.4 Å². The fourth-order valence-electron chi connectivity index (χ4n) is 3.93. The highest BCUT2D eigenvalue weighted by Gasteiger charge is 2.26. The highest BCUT2D eigenvalue weighted by atomic mass is 32.2. The summed E-state index contributed by atoms with van der Waals surface area (Å²) < 4.78 is 24.2. The molecule has 1 saturated heterocycles. The predicted molar refractivity (Wildman–Crippen MR) is 132 cm³/mol. The molecule has 0 radical (unpaired) electrons. The Bertz CT molecular complexity index is 938. The van der Waals surface area contributed by atoms with E-state index in [1.807, 2.05) is 6.26 Å². The molecule has 0 aromatic heterocycles. The minimum atomic E-state index is -0.691. The molecule has 34 heavy (non-hydrogen) atoms. The molecule has 9 heteroatoms. The lowest BCUT2D eigenvalue weighted by Crippen LogP contribution is -2.50. The maximum atomic E-state index is 13.5. The van der Waals surface area contributed by atoms with E-state index in [0.717, 1.165) is 24.4 Å². The van der Waals surface area contributed by atoms with Crippen LogP contribution in [-0.2, 0) is 9.53 Å². The molecule has 2 atom stereocenters. The molecule has 1 heterocycles. The summed E-state index contributed by atoms with van der Waals surface area (Å²) >= 11 is 1.61. The highest BCUT2D eigenvalue weighted by Crippen LogP contribution is 2.22. The molecule has 2 N–H and O–H groups in total. The second kappa shape index (κ2) is 13.3. The number of amides is 2. The van der Waals surface area contributed by atoms with Crippen LogP contribution in [0.1, 0.15) is 28.4 Å². The summed E-state index contributed by atoms with van der Waals surface area (Å²) in [5, 5.41) is 5.88. The standard InChI is InChI=1S/C25H32FN3O4S/c1-32-23-6-4-3-5-20(23)24(30)28-21(11-16-34-2)25(31)27-17-22(29-12-14-33-15-13-29)18-7-9-19(26)10-8-18/h3-10,21-22H,11-17H2,1-2H3,(H,27,31)(H,28,30)/t21-,22+/m1/s1. The van der Waals surface area contributed by atoms with Crippen molar-refractivity contribution in [2.24, 2.45) is 0 Å². The topological polar surface area (TPSA) is 79.9 Å². The Morgan fingerprint density at radius 3 is 2.53 bits per heavy atom. The number of rotatable bonds is 11. The maximum Gasteiger partial charge on any atom is 0.255 e. The van der Waals surface area contributed by atoms with Crippen molar-refractivity contribution in [1.29, 1.82) is 0 Å². The van der Waals surface area contributed by atoms with Gasteiger partial charge in [0.15, 0.2) is 0 Å². The van der Waals surface area contributed by atoms with Gasteiger partial charge in [-0.15, -0.1) is 0 Å². The summed E-state index contributed by atoms with van der Waals surface area (Å²) in [5.41, 5.74) is 1.30. The zero-order chi connectivity index (χ0) is 24.3. The summed E-state index contributed by atoms with van der Waals surface area (Å²) in [6, 6.07) is 12.5. The number of carbonyl (C=O) groups excluding carboxylic acids is 2. The van der Waals surface area contributed by atoms with E-state index in [0.29, 0.717) is 37.5 Å². The number of hydrogen-bond donors (Lipinski definition) is 2. The molecule has 0 saturated carbocycles. The fraction of sp³-hybridized carbons (Fsp3) is 0.440. The van der Waals surface area contributed by atoms with Crippen LogP contribution in [0.25, 0.3) is 0 Å². The molecule has 1 fully saturated rings. The Morgan fingerprint density at radius 1 is 1.15 bits per heavy atom. The zero-order valence-electron chi connectivity index (χ0n) is 19.6. The number of nitrogens with one attached hydrogen (secondary N) is 2. The quantitative estimate of drug-likeness (QED) is 0.505. The summed E-state index contributed by atoms with van der Waals surface area (Å²) in [5.74, 6) is 0.256. The number of halogens is 1. The van der Waals surface area contributed by atoms with E-state index in [4.69, 9.17) is 9.47 Å². The molecule has 7 nitrogen and oxygen atoms in total. The normalized spacial score (nSPS) is 15.9. The van der Waals surface area contributed by atoms with Crippen molar-refractivity contribution in [3.63, 3.8) is 0 Å². The molecular weight excluding hydrogens is 457 g/mol. The van der Waals surface area contributed by atoms with Gasteiger partial charge in [0.05, 0.1) is 31.9 Å². The molecule has 2 aromatic carbocycles. The van der Waals surface area contributed by atoms with E-state index < -0.39 is 6.04 Å². The maximum absolute atomic E-state index is 13.5. The van der Waals surface area contributed by atoms with Crippen molar-refractivity contribution >= 4 is 23.6 Å². The van der Waals surface area contributed by atoms with Crippen molar-refractivity contribution in [3.05, 3.63) is 65.5 Å². The van der Waals surface area contributed by atoms with Crippen molar-refractivity contribution in [1.82, 2.24) is 15.5 Å². The van der Waals surface area contributed by atoms with Gasteiger partial charge in [-0.2, -0.15) is 11.8 Å². The number of thioether (sulfide) groups is 1. The van der Waals surface area contributed by atoms with Gasteiger partial charge in [-0.3, -0.25) is 14.5 Å². The van der Waals surface area contributed by atoms with E-state index >= 15 is 0 Å². The largest absolute Gasteiger partial charge is 0.496 e. The Labute approximate surface area is 204 Å². The molecule has 0 bridgehead atoms. The summed E-state index contributed by atoms with van der Waals surface area (Å²) in [6.07, 6.45) is 2.45. The number of carbonyl (C=O) groups is 2. The number of ether oxygens (including phenoxy) is 2. The Kier molecular flexibility index (Phi) is 10.2. The number of methoxy groups -OCH3 is 1.